The van der Waals surface area contributed by atoms with E-state index in [2.05, 4.69) is 0 Å². The van der Waals surface area contributed by atoms with E-state index in [1.807, 2.05) is 0 Å². The van der Waals surface area contributed by atoms with Crippen molar-refractivity contribution in [2.45, 2.75) is 19.3 Å². The summed E-state index contributed by atoms with van der Waals surface area (Å²) < 4.78 is 21.2. The van der Waals surface area contributed by atoms with Crippen molar-refractivity contribution in [3.63, 3.8) is 0 Å². The van der Waals surface area contributed by atoms with Crippen molar-refractivity contribution in [1.29, 1.82) is 0 Å². The lowest BCUT2D eigenvalue weighted by molar-refractivity contribution is -0.142. The van der Waals surface area contributed by atoms with Gasteiger partial charge in [-0.25, -0.2) is 0 Å². The molecule has 1 heterocycles. The molecule has 0 unspecified atom stereocenters. The molecule has 1 aliphatic heterocycles. The quantitative estimate of drug-likeness (QED) is 0.498. The normalized spacial score (nSPS) is 12.6. The van der Waals surface area contributed by atoms with Gasteiger partial charge in [0.05, 0.1) is 32.3 Å². The van der Waals surface area contributed by atoms with Crippen LogP contribution in [0.25, 0.3) is 0 Å². The molecule has 0 atom stereocenters. The smallest absolute Gasteiger partial charge is 0.306 e. The fourth-order valence-corrected chi connectivity index (χ4v) is 2.87. The van der Waals surface area contributed by atoms with Crippen molar-refractivity contribution in [2.24, 2.45) is 0 Å². The predicted octanol–water partition coefficient (Wildman–Crippen LogP) is 3.25. The molecule has 7 nitrogen and oxygen atoms in total. The Kier molecular flexibility index (Phi) is 6.84. The van der Waals surface area contributed by atoms with E-state index < -0.39 is 12.6 Å². The number of methoxy groups -OCH3 is 1. The van der Waals surface area contributed by atoms with Crippen LogP contribution in [0.5, 0.6) is 17.2 Å². The SMILES string of the molecule is COc1ccccc1C(=O)COC(=O)CCC(=O)c1ccc2c(c1)OCCCO2. The summed E-state index contributed by atoms with van der Waals surface area (Å²) in [7, 11) is 1.46. The number of carbonyl (C=O) groups is 3. The van der Waals surface area contributed by atoms with Gasteiger partial charge in [0.2, 0.25) is 5.78 Å². The van der Waals surface area contributed by atoms with Gasteiger partial charge in [-0.2, -0.15) is 0 Å². The van der Waals surface area contributed by atoms with Gasteiger partial charge in [0.1, 0.15) is 5.75 Å². The molecule has 0 bridgehead atoms. The van der Waals surface area contributed by atoms with Gasteiger partial charge in [0.15, 0.2) is 23.9 Å². The number of ketones is 2. The Balaban J connectivity index is 1.50. The summed E-state index contributed by atoms with van der Waals surface area (Å²) in [5, 5.41) is 0. The minimum atomic E-state index is -0.615. The average molecular weight is 398 g/mol. The van der Waals surface area contributed by atoms with E-state index in [1.165, 1.54) is 7.11 Å². The third-order valence-electron chi connectivity index (χ3n) is 4.40. The number of benzene rings is 2. The summed E-state index contributed by atoms with van der Waals surface area (Å²) in [5.41, 5.74) is 0.776. The zero-order valence-electron chi connectivity index (χ0n) is 16.1. The molecule has 3 rings (SSSR count). The number of fused-ring (bicyclic) bond motifs is 1. The molecule has 7 heteroatoms. The van der Waals surface area contributed by atoms with Gasteiger partial charge >= 0.3 is 5.97 Å². The van der Waals surface area contributed by atoms with Crippen molar-refractivity contribution in [3.05, 3.63) is 53.6 Å². The number of esters is 1. The summed E-state index contributed by atoms with van der Waals surface area (Å²) in [6, 6.07) is 11.7. The fourth-order valence-electron chi connectivity index (χ4n) is 2.87. The Labute approximate surface area is 168 Å². The van der Waals surface area contributed by atoms with E-state index in [-0.39, 0.29) is 24.4 Å². The van der Waals surface area contributed by atoms with Gasteiger partial charge < -0.3 is 18.9 Å². The Morgan fingerprint density at radius 3 is 2.48 bits per heavy atom. The van der Waals surface area contributed by atoms with Crippen LogP contribution in [-0.2, 0) is 9.53 Å². The first kappa shape index (κ1) is 20.4. The van der Waals surface area contributed by atoms with Crippen LogP contribution < -0.4 is 14.2 Å². The second-order valence-corrected chi connectivity index (χ2v) is 6.42. The van der Waals surface area contributed by atoms with Crippen molar-refractivity contribution in [2.75, 3.05) is 26.9 Å². The molecule has 0 amide bonds. The highest BCUT2D eigenvalue weighted by Gasteiger charge is 2.17. The number of para-hydroxylation sites is 1. The van der Waals surface area contributed by atoms with Crippen LogP contribution in [0.4, 0.5) is 0 Å². The fraction of sp³-hybridized carbons (Fsp3) is 0.318. The lowest BCUT2D eigenvalue weighted by Gasteiger charge is -2.09. The minimum absolute atomic E-state index is 0.0265. The first-order chi connectivity index (χ1) is 14.1. The third kappa shape index (κ3) is 5.34. The molecule has 0 saturated carbocycles. The van der Waals surface area contributed by atoms with Crippen molar-refractivity contribution < 1.29 is 33.3 Å². The van der Waals surface area contributed by atoms with E-state index in [0.29, 0.717) is 41.6 Å². The standard InChI is InChI=1S/C22H22O7/c1-26-19-6-3-2-5-16(19)18(24)14-29-22(25)10-8-17(23)15-7-9-20-21(13-15)28-12-4-11-27-20/h2-3,5-7,9,13H,4,8,10-12,14H2,1H3. The highest BCUT2D eigenvalue weighted by molar-refractivity contribution is 6.01. The summed E-state index contributed by atoms with van der Waals surface area (Å²) in [6.07, 6.45) is 0.630. The molecule has 0 fully saturated rings. The third-order valence-corrected chi connectivity index (χ3v) is 4.40. The monoisotopic (exact) mass is 398 g/mol. The van der Waals surface area contributed by atoms with Crippen LogP contribution >= 0.6 is 0 Å². The van der Waals surface area contributed by atoms with Crippen LogP contribution in [0, 0.1) is 0 Å². The number of Topliss-reactive ketones (excluding diaryl/α,β-unsaturated/α-hetero) is 2. The van der Waals surface area contributed by atoms with E-state index >= 15 is 0 Å². The molecule has 0 N–H and O–H groups in total. The summed E-state index contributed by atoms with van der Waals surface area (Å²) in [6.45, 7) is 0.689. The average Bonchev–Trinajstić information content (AvgIpc) is 3.00. The highest BCUT2D eigenvalue weighted by Crippen LogP contribution is 2.30. The zero-order chi connectivity index (χ0) is 20.6. The maximum atomic E-state index is 12.4. The number of hydrogen-bond acceptors (Lipinski definition) is 7. The van der Waals surface area contributed by atoms with Gasteiger partial charge in [-0.15, -0.1) is 0 Å². The van der Waals surface area contributed by atoms with Crippen LogP contribution in [0.1, 0.15) is 40.0 Å². The number of hydrogen-bond donors (Lipinski definition) is 0. The van der Waals surface area contributed by atoms with Gasteiger partial charge in [-0.3, -0.25) is 14.4 Å². The molecular formula is C22H22O7. The Hall–Kier alpha value is -3.35. The maximum Gasteiger partial charge on any atom is 0.306 e. The summed E-state index contributed by atoms with van der Waals surface area (Å²) >= 11 is 0. The number of ether oxygens (including phenoxy) is 4. The summed E-state index contributed by atoms with van der Waals surface area (Å²) in [5.74, 6) is 0.347. The molecule has 1 aliphatic rings. The van der Waals surface area contributed by atoms with Gasteiger partial charge in [-0.1, -0.05) is 12.1 Å². The van der Waals surface area contributed by atoms with Crippen LogP contribution in [0.2, 0.25) is 0 Å². The van der Waals surface area contributed by atoms with Crippen molar-refractivity contribution in [1.82, 2.24) is 0 Å². The van der Waals surface area contributed by atoms with Gasteiger partial charge in [-0.05, 0) is 30.3 Å². The van der Waals surface area contributed by atoms with Crippen LogP contribution in [0.3, 0.4) is 0 Å². The zero-order valence-corrected chi connectivity index (χ0v) is 16.1. The molecule has 29 heavy (non-hydrogen) atoms. The topological polar surface area (TPSA) is 88.1 Å². The molecule has 2 aromatic rings. The second-order valence-electron chi connectivity index (χ2n) is 6.42. The van der Waals surface area contributed by atoms with Crippen molar-refractivity contribution in [3.8, 4) is 17.2 Å². The first-order valence-corrected chi connectivity index (χ1v) is 9.33. The largest absolute Gasteiger partial charge is 0.496 e. The molecule has 0 spiro atoms. The number of carbonyl (C=O) groups excluding carboxylic acids is 3. The molecule has 0 aliphatic carbocycles. The van der Waals surface area contributed by atoms with Crippen molar-refractivity contribution >= 4 is 17.5 Å². The van der Waals surface area contributed by atoms with Crippen LogP contribution in [0.15, 0.2) is 42.5 Å². The highest BCUT2D eigenvalue weighted by atomic mass is 16.5. The lowest BCUT2D eigenvalue weighted by atomic mass is 10.1. The lowest BCUT2D eigenvalue weighted by Crippen LogP contribution is -2.15. The molecule has 0 saturated heterocycles. The Morgan fingerprint density at radius 2 is 1.69 bits per heavy atom. The van der Waals surface area contributed by atoms with E-state index in [9.17, 15) is 14.4 Å². The predicted molar refractivity (Wildman–Crippen MR) is 104 cm³/mol. The summed E-state index contributed by atoms with van der Waals surface area (Å²) in [4.78, 5) is 36.5. The molecule has 152 valence electrons. The Bertz CT molecular complexity index is 904. The van der Waals surface area contributed by atoms with E-state index in [1.54, 1.807) is 42.5 Å². The van der Waals surface area contributed by atoms with E-state index in [4.69, 9.17) is 18.9 Å². The molecule has 2 aromatic carbocycles. The molecule has 0 aromatic heterocycles. The molecule has 0 radical (unpaired) electrons. The second kappa shape index (κ2) is 9.73. The maximum absolute atomic E-state index is 12.4. The molecular weight excluding hydrogens is 376 g/mol. The van der Waals surface area contributed by atoms with E-state index in [0.717, 1.165) is 6.42 Å². The van der Waals surface area contributed by atoms with Crippen LogP contribution in [-0.4, -0.2) is 44.5 Å². The minimum Gasteiger partial charge on any atom is -0.496 e. The Morgan fingerprint density at radius 1 is 0.931 bits per heavy atom. The van der Waals surface area contributed by atoms with Gasteiger partial charge in [0, 0.05) is 18.4 Å². The van der Waals surface area contributed by atoms with Gasteiger partial charge in [0.25, 0.3) is 0 Å². The first-order valence-electron chi connectivity index (χ1n) is 9.33. The number of rotatable bonds is 8.